The van der Waals surface area contributed by atoms with Gasteiger partial charge in [0, 0.05) is 0 Å². The zero-order chi connectivity index (χ0) is 24.4. The number of carboxylic acid groups (broad SMARTS) is 1. The molecule has 176 valence electrons. The lowest BCUT2D eigenvalue weighted by Gasteiger charge is -2.23. The van der Waals surface area contributed by atoms with Gasteiger partial charge in [0.1, 0.15) is 18.8 Å². The molecule has 0 heterocycles. The molecule has 0 aromatic heterocycles. The van der Waals surface area contributed by atoms with Crippen molar-refractivity contribution in [3.05, 3.63) is 60.2 Å². The number of Topliss-reactive ketones (excluding diaryl/α,β-unsaturated/α-hetero) is 1. The summed E-state index contributed by atoms with van der Waals surface area (Å²) in [7, 11) is 0. The van der Waals surface area contributed by atoms with E-state index in [1.54, 1.807) is 0 Å². The van der Waals surface area contributed by atoms with Gasteiger partial charge in [-0.3, -0.25) is 19.2 Å². The third kappa shape index (κ3) is 8.14. The second kappa shape index (κ2) is 12.5. The van der Waals surface area contributed by atoms with Crippen LogP contribution in [0.5, 0.6) is 0 Å². The summed E-state index contributed by atoms with van der Waals surface area (Å²) in [6.45, 7) is 2.33. The number of hydrogen-bond acceptors (Lipinski definition) is 4. The maximum absolute atomic E-state index is 12.8. The number of carbonyl (C=O) groups excluding carboxylic acids is 3. The fraction of sp³-hybridized carbons (Fsp3) is 0.360. The van der Waals surface area contributed by atoms with Gasteiger partial charge in [0.05, 0.1) is 12.8 Å². The number of aliphatic carboxylic acids is 1. The summed E-state index contributed by atoms with van der Waals surface area (Å²) in [6.07, 6.45) is -0.447. The minimum absolute atomic E-state index is 0.0208. The quantitative estimate of drug-likeness (QED) is 0.455. The molecule has 2 rings (SSSR count). The van der Waals surface area contributed by atoms with Crippen LogP contribution < -0.4 is 10.6 Å². The molecule has 8 heteroatoms. The normalized spacial score (nSPS) is 12.6. The Labute approximate surface area is 192 Å². The molecule has 2 amide bonds. The van der Waals surface area contributed by atoms with Gasteiger partial charge in [0.15, 0.2) is 5.78 Å². The average Bonchev–Trinajstić information content (AvgIpc) is 2.78. The maximum atomic E-state index is 12.8. The number of amides is 2. The molecule has 0 aliphatic heterocycles. The highest BCUT2D eigenvalue weighted by Gasteiger charge is 2.28. The lowest BCUT2D eigenvalue weighted by Crippen LogP contribution is -2.53. The third-order valence-electron chi connectivity index (χ3n) is 5.03. The number of halogens is 1. The molecule has 2 aromatic rings. The van der Waals surface area contributed by atoms with E-state index in [2.05, 4.69) is 10.6 Å². The summed E-state index contributed by atoms with van der Waals surface area (Å²) in [4.78, 5) is 48.3. The molecule has 0 bridgehead atoms. The van der Waals surface area contributed by atoms with E-state index in [-0.39, 0.29) is 18.8 Å². The Morgan fingerprint density at radius 2 is 1.55 bits per heavy atom. The Hall–Kier alpha value is -3.55. The highest BCUT2D eigenvalue weighted by atomic mass is 19.1. The van der Waals surface area contributed by atoms with E-state index < -0.39 is 48.7 Å². The van der Waals surface area contributed by atoms with Crippen LogP contribution in [0.1, 0.15) is 32.3 Å². The number of carbonyl (C=O) groups is 4. The van der Waals surface area contributed by atoms with Crippen LogP contribution in [0, 0.1) is 5.92 Å². The Kier molecular flexibility index (Phi) is 9.72. The number of alkyl halides is 1. The molecule has 0 aliphatic carbocycles. The van der Waals surface area contributed by atoms with Crippen molar-refractivity contribution in [2.24, 2.45) is 5.92 Å². The molecule has 0 unspecified atom stereocenters. The number of ketones is 1. The maximum Gasteiger partial charge on any atom is 0.305 e. The van der Waals surface area contributed by atoms with Crippen LogP contribution in [0.3, 0.4) is 0 Å². The molecule has 0 aliphatic rings. The number of hydrogen-bond donors (Lipinski definition) is 3. The molecule has 2 aromatic carbocycles. The fourth-order valence-electron chi connectivity index (χ4n) is 3.48. The number of nitrogens with one attached hydrogen (secondary N) is 2. The van der Waals surface area contributed by atoms with E-state index in [0.717, 1.165) is 16.7 Å². The van der Waals surface area contributed by atoms with E-state index in [9.17, 15) is 23.6 Å². The van der Waals surface area contributed by atoms with Crippen LogP contribution in [-0.4, -0.2) is 47.4 Å². The van der Waals surface area contributed by atoms with E-state index >= 15 is 0 Å². The van der Waals surface area contributed by atoms with Gasteiger partial charge in [-0.1, -0.05) is 68.4 Å². The molecule has 3 N–H and O–H groups in total. The molecule has 0 fully saturated rings. The van der Waals surface area contributed by atoms with Crippen molar-refractivity contribution in [1.82, 2.24) is 10.6 Å². The second-order valence-corrected chi connectivity index (χ2v) is 8.21. The molecular weight excluding hydrogens is 427 g/mol. The van der Waals surface area contributed by atoms with E-state index in [4.69, 9.17) is 5.11 Å². The summed E-state index contributed by atoms with van der Waals surface area (Å²) < 4.78 is 12.8. The largest absolute Gasteiger partial charge is 0.481 e. The van der Waals surface area contributed by atoms with Gasteiger partial charge in [-0.25, -0.2) is 4.39 Å². The van der Waals surface area contributed by atoms with Gasteiger partial charge in [-0.15, -0.1) is 0 Å². The summed E-state index contributed by atoms with van der Waals surface area (Å²) >= 11 is 0. The minimum Gasteiger partial charge on any atom is -0.481 e. The van der Waals surface area contributed by atoms with Gasteiger partial charge in [-0.2, -0.15) is 0 Å². The zero-order valence-electron chi connectivity index (χ0n) is 18.7. The van der Waals surface area contributed by atoms with Crippen molar-refractivity contribution in [1.29, 1.82) is 0 Å². The van der Waals surface area contributed by atoms with Crippen LogP contribution in [-0.2, 0) is 25.6 Å². The summed E-state index contributed by atoms with van der Waals surface area (Å²) in [5.74, 6) is -3.47. The Morgan fingerprint density at radius 1 is 0.909 bits per heavy atom. The monoisotopic (exact) mass is 456 g/mol. The summed E-state index contributed by atoms with van der Waals surface area (Å²) in [6, 6.07) is 14.6. The molecule has 0 radical (unpaired) electrons. The average molecular weight is 457 g/mol. The van der Waals surface area contributed by atoms with Crippen molar-refractivity contribution in [3.8, 4) is 11.1 Å². The highest BCUT2D eigenvalue weighted by molar-refractivity contribution is 5.95. The Balaban J connectivity index is 2.15. The molecule has 33 heavy (non-hydrogen) atoms. The van der Waals surface area contributed by atoms with E-state index in [0.29, 0.717) is 0 Å². The lowest BCUT2D eigenvalue weighted by atomic mass is 9.97. The smallest absolute Gasteiger partial charge is 0.305 e. The molecular formula is C25H29FN2O5. The predicted octanol–water partition coefficient (Wildman–Crippen LogP) is 2.93. The molecule has 0 saturated carbocycles. The first kappa shape index (κ1) is 25.7. The second-order valence-electron chi connectivity index (χ2n) is 8.21. The van der Waals surface area contributed by atoms with Gasteiger partial charge in [0.25, 0.3) is 0 Å². The first-order chi connectivity index (χ1) is 15.7. The summed E-state index contributed by atoms with van der Waals surface area (Å²) in [5.41, 5.74) is 2.63. The van der Waals surface area contributed by atoms with Gasteiger partial charge in [-0.05, 0) is 29.0 Å². The van der Waals surface area contributed by atoms with Crippen molar-refractivity contribution >= 4 is 23.6 Å². The molecule has 7 nitrogen and oxygen atoms in total. The van der Waals surface area contributed by atoms with Crippen molar-refractivity contribution in [3.63, 3.8) is 0 Å². The van der Waals surface area contributed by atoms with Gasteiger partial charge >= 0.3 is 5.97 Å². The number of rotatable bonds is 12. The topological polar surface area (TPSA) is 113 Å². The van der Waals surface area contributed by atoms with Crippen LogP contribution >= 0.6 is 0 Å². The lowest BCUT2D eigenvalue weighted by molar-refractivity contribution is -0.140. The SMILES string of the molecule is CC(C)C[C@H](NC(=O)Cc1ccccc1-c1ccccc1)C(=O)N[C@@H](CC(=O)O)C(=O)CF. The van der Waals surface area contributed by atoms with Crippen LogP contribution in [0.2, 0.25) is 0 Å². The van der Waals surface area contributed by atoms with Crippen molar-refractivity contribution < 1.29 is 28.7 Å². The molecule has 0 saturated heterocycles. The first-order valence-electron chi connectivity index (χ1n) is 10.7. The van der Waals surface area contributed by atoms with E-state index in [1.165, 1.54) is 0 Å². The molecule has 2 atom stereocenters. The van der Waals surface area contributed by atoms with E-state index in [1.807, 2.05) is 68.4 Å². The Bertz CT molecular complexity index is 978. The Morgan fingerprint density at radius 3 is 2.15 bits per heavy atom. The molecule has 0 spiro atoms. The number of carboxylic acids is 1. The summed E-state index contributed by atoms with van der Waals surface area (Å²) in [5, 5.41) is 13.9. The fourth-order valence-corrected chi connectivity index (χ4v) is 3.48. The number of benzene rings is 2. The zero-order valence-corrected chi connectivity index (χ0v) is 18.7. The standard InChI is InChI=1S/C25H29FN2O5/c1-16(2)12-21(25(33)28-20(14-24(31)32)22(29)15-26)27-23(30)13-18-10-6-7-11-19(18)17-8-4-3-5-9-17/h3-11,16,20-21H,12-15H2,1-2H3,(H,27,30)(H,28,33)(H,31,32)/t20-,21-/m0/s1. The predicted molar refractivity (Wildman–Crippen MR) is 122 cm³/mol. The van der Waals surface area contributed by atoms with Crippen molar-refractivity contribution in [2.75, 3.05) is 6.67 Å². The third-order valence-corrected chi connectivity index (χ3v) is 5.03. The van der Waals surface area contributed by atoms with Gasteiger partial charge < -0.3 is 15.7 Å². The van der Waals surface area contributed by atoms with Crippen LogP contribution in [0.15, 0.2) is 54.6 Å². The van der Waals surface area contributed by atoms with Crippen molar-refractivity contribution in [2.45, 2.75) is 45.2 Å². The first-order valence-corrected chi connectivity index (χ1v) is 10.7. The minimum atomic E-state index is -1.50. The van der Waals surface area contributed by atoms with Gasteiger partial charge in [0.2, 0.25) is 11.8 Å². The highest BCUT2D eigenvalue weighted by Crippen LogP contribution is 2.23. The van der Waals surface area contributed by atoms with Crippen LogP contribution in [0.25, 0.3) is 11.1 Å². The van der Waals surface area contributed by atoms with Crippen LogP contribution in [0.4, 0.5) is 4.39 Å².